The van der Waals surface area contributed by atoms with Gasteiger partial charge in [0.15, 0.2) is 0 Å². The lowest BCUT2D eigenvalue weighted by atomic mass is 9.94. The van der Waals surface area contributed by atoms with Crippen LogP contribution in [0, 0.1) is 0 Å². The monoisotopic (exact) mass is 253 g/mol. The molecular formula is C12H19N3O3. The lowest BCUT2D eigenvalue weighted by Gasteiger charge is -2.26. The second-order valence-corrected chi connectivity index (χ2v) is 4.40. The Morgan fingerprint density at radius 1 is 1.17 bits per heavy atom. The van der Waals surface area contributed by atoms with Gasteiger partial charge >= 0.3 is 6.01 Å². The van der Waals surface area contributed by atoms with E-state index in [1.165, 1.54) is 0 Å². The van der Waals surface area contributed by atoms with Crippen LogP contribution in [0.1, 0.15) is 25.7 Å². The van der Waals surface area contributed by atoms with E-state index < -0.39 is 0 Å². The fraction of sp³-hybridized carbons (Fsp3) is 0.667. The fourth-order valence-electron chi connectivity index (χ4n) is 2.08. The quantitative estimate of drug-likeness (QED) is 0.866. The first-order valence-electron chi connectivity index (χ1n) is 6.10. The van der Waals surface area contributed by atoms with Crippen molar-refractivity contribution < 1.29 is 14.2 Å². The van der Waals surface area contributed by atoms with Crippen molar-refractivity contribution in [2.75, 3.05) is 14.2 Å². The predicted octanol–water partition coefficient (Wildman–Crippen LogP) is 1.14. The molecule has 1 aliphatic rings. The number of nitrogens with zero attached hydrogens (tertiary/aromatic N) is 2. The van der Waals surface area contributed by atoms with Crippen molar-refractivity contribution in [2.24, 2.45) is 5.73 Å². The van der Waals surface area contributed by atoms with Crippen LogP contribution in [0.3, 0.4) is 0 Å². The van der Waals surface area contributed by atoms with Gasteiger partial charge in [-0.3, -0.25) is 0 Å². The molecule has 2 N–H and O–H groups in total. The molecule has 100 valence electrons. The molecule has 1 fully saturated rings. The van der Waals surface area contributed by atoms with Gasteiger partial charge in [0.1, 0.15) is 6.10 Å². The van der Waals surface area contributed by atoms with Gasteiger partial charge in [-0.25, -0.2) is 0 Å². The van der Waals surface area contributed by atoms with E-state index in [4.69, 9.17) is 19.9 Å². The minimum Gasteiger partial charge on any atom is -0.481 e. The average Bonchev–Trinajstić information content (AvgIpc) is 2.38. The Labute approximate surface area is 106 Å². The van der Waals surface area contributed by atoms with Gasteiger partial charge < -0.3 is 19.9 Å². The first-order chi connectivity index (χ1) is 8.71. The van der Waals surface area contributed by atoms with Crippen LogP contribution >= 0.6 is 0 Å². The Morgan fingerprint density at radius 3 is 2.39 bits per heavy atom. The predicted molar refractivity (Wildman–Crippen MR) is 66.0 cm³/mol. The van der Waals surface area contributed by atoms with Crippen LogP contribution in [0.25, 0.3) is 0 Å². The van der Waals surface area contributed by atoms with E-state index in [0.29, 0.717) is 11.8 Å². The number of ether oxygens (including phenoxy) is 3. The zero-order valence-electron chi connectivity index (χ0n) is 10.8. The van der Waals surface area contributed by atoms with E-state index in [1.807, 2.05) is 0 Å². The van der Waals surface area contributed by atoms with Crippen molar-refractivity contribution in [3.05, 3.63) is 6.07 Å². The first kappa shape index (κ1) is 12.9. The summed E-state index contributed by atoms with van der Waals surface area (Å²) in [4.78, 5) is 8.29. The summed E-state index contributed by atoms with van der Waals surface area (Å²) in [6, 6.07) is 2.10. The third-order valence-corrected chi connectivity index (χ3v) is 3.02. The van der Waals surface area contributed by atoms with Crippen LogP contribution in [0.2, 0.25) is 0 Å². The van der Waals surface area contributed by atoms with Gasteiger partial charge in [-0.05, 0) is 25.7 Å². The summed E-state index contributed by atoms with van der Waals surface area (Å²) in [5.41, 5.74) is 5.92. The Morgan fingerprint density at radius 2 is 1.83 bits per heavy atom. The SMILES string of the molecule is COc1cc(OC)nc(OC2CCCC(N)C2)n1. The molecule has 0 bridgehead atoms. The Hall–Kier alpha value is -1.56. The average molecular weight is 253 g/mol. The maximum absolute atomic E-state index is 5.92. The van der Waals surface area contributed by atoms with E-state index in [-0.39, 0.29) is 18.2 Å². The topological polar surface area (TPSA) is 79.5 Å². The van der Waals surface area contributed by atoms with Crippen molar-refractivity contribution in [3.8, 4) is 17.8 Å². The number of methoxy groups -OCH3 is 2. The number of rotatable bonds is 4. The number of hydrogen-bond acceptors (Lipinski definition) is 6. The molecule has 1 aromatic heterocycles. The maximum atomic E-state index is 5.92. The van der Waals surface area contributed by atoms with Gasteiger partial charge in [0.05, 0.1) is 20.3 Å². The molecule has 1 saturated carbocycles. The highest BCUT2D eigenvalue weighted by Crippen LogP contribution is 2.24. The highest BCUT2D eigenvalue weighted by Gasteiger charge is 2.22. The van der Waals surface area contributed by atoms with Gasteiger partial charge in [-0.1, -0.05) is 0 Å². The molecule has 18 heavy (non-hydrogen) atoms. The van der Waals surface area contributed by atoms with Gasteiger partial charge in [0, 0.05) is 6.04 Å². The molecule has 2 unspecified atom stereocenters. The molecule has 2 rings (SSSR count). The van der Waals surface area contributed by atoms with Crippen LogP contribution in [-0.4, -0.2) is 36.3 Å². The molecule has 0 amide bonds. The zero-order chi connectivity index (χ0) is 13.0. The van der Waals surface area contributed by atoms with E-state index in [2.05, 4.69) is 9.97 Å². The largest absolute Gasteiger partial charge is 0.481 e. The van der Waals surface area contributed by atoms with Gasteiger partial charge in [0.2, 0.25) is 11.8 Å². The molecule has 6 nitrogen and oxygen atoms in total. The van der Waals surface area contributed by atoms with Crippen LogP contribution in [0.15, 0.2) is 6.07 Å². The summed E-state index contributed by atoms with van der Waals surface area (Å²) in [6.45, 7) is 0. The van der Waals surface area contributed by atoms with E-state index in [1.54, 1.807) is 20.3 Å². The molecule has 0 radical (unpaired) electrons. The van der Waals surface area contributed by atoms with Crippen molar-refractivity contribution in [1.82, 2.24) is 9.97 Å². The zero-order valence-corrected chi connectivity index (χ0v) is 10.8. The second kappa shape index (κ2) is 5.86. The van der Waals surface area contributed by atoms with Crippen molar-refractivity contribution in [3.63, 3.8) is 0 Å². The Bertz CT molecular complexity index is 378. The molecule has 1 heterocycles. The molecule has 1 aliphatic carbocycles. The number of nitrogens with two attached hydrogens (primary N) is 1. The second-order valence-electron chi connectivity index (χ2n) is 4.40. The van der Waals surface area contributed by atoms with Crippen molar-refractivity contribution >= 4 is 0 Å². The molecular weight excluding hydrogens is 234 g/mol. The number of hydrogen-bond donors (Lipinski definition) is 1. The molecule has 0 saturated heterocycles. The Kier molecular flexibility index (Phi) is 4.19. The molecule has 1 aromatic rings. The molecule has 2 atom stereocenters. The van der Waals surface area contributed by atoms with Crippen molar-refractivity contribution in [1.29, 1.82) is 0 Å². The van der Waals surface area contributed by atoms with Crippen LogP contribution in [0.5, 0.6) is 17.8 Å². The minimum atomic E-state index is 0.0746. The summed E-state index contributed by atoms with van der Waals surface area (Å²) in [5.74, 6) is 0.855. The first-order valence-corrected chi connectivity index (χ1v) is 6.10. The standard InChI is InChI=1S/C12H19N3O3/c1-16-10-7-11(17-2)15-12(14-10)18-9-5-3-4-8(13)6-9/h7-9H,3-6,13H2,1-2H3. The number of aromatic nitrogens is 2. The van der Waals surface area contributed by atoms with Gasteiger partial charge in [0.25, 0.3) is 0 Å². The summed E-state index contributed by atoms with van der Waals surface area (Å²) < 4.78 is 15.9. The summed E-state index contributed by atoms with van der Waals surface area (Å²) in [7, 11) is 3.09. The summed E-state index contributed by atoms with van der Waals surface area (Å²) in [5, 5.41) is 0. The van der Waals surface area contributed by atoms with E-state index >= 15 is 0 Å². The smallest absolute Gasteiger partial charge is 0.323 e. The van der Waals surface area contributed by atoms with Gasteiger partial charge in [-0.2, -0.15) is 9.97 Å². The van der Waals surface area contributed by atoms with E-state index in [0.717, 1.165) is 25.7 Å². The summed E-state index contributed by atoms with van der Waals surface area (Å²) in [6.07, 6.45) is 4.03. The molecule has 0 aromatic carbocycles. The van der Waals surface area contributed by atoms with Crippen molar-refractivity contribution in [2.45, 2.75) is 37.8 Å². The highest BCUT2D eigenvalue weighted by molar-refractivity contribution is 5.22. The van der Waals surface area contributed by atoms with E-state index in [9.17, 15) is 0 Å². The lowest BCUT2D eigenvalue weighted by Crippen LogP contribution is -2.34. The van der Waals surface area contributed by atoms with Gasteiger partial charge in [-0.15, -0.1) is 0 Å². The fourth-order valence-corrected chi connectivity index (χ4v) is 2.08. The Balaban J connectivity index is 2.07. The molecule has 0 aliphatic heterocycles. The van der Waals surface area contributed by atoms with Crippen LogP contribution in [-0.2, 0) is 0 Å². The minimum absolute atomic E-state index is 0.0746. The highest BCUT2D eigenvalue weighted by atomic mass is 16.5. The van der Waals surface area contributed by atoms with Crippen LogP contribution in [0.4, 0.5) is 0 Å². The van der Waals surface area contributed by atoms with Crippen LogP contribution < -0.4 is 19.9 Å². The third-order valence-electron chi connectivity index (χ3n) is 3.02. The lowest BCUT2D eigenvalue weighted by molar-refractivity contribution is 0.129. The third kappa shape index (κ3) is 3.22. The normalized spacial score (nSPS) is 23.5. The molecule has 6 heteroatoms. The molecule has 0 spiro atoms. The maximum Gasteiger partial charge on any atom is 0.323 e. The summed E-state index contributed by atoms with van der Waals surface area (Å²) >= 11 is 0.